The summed E-state index contributed by atoms with van der Waals surface area (Å²) in [6.07, 6.45) is 0.236. The Hall–Kier alpha value is -1.17. The van der Waals surface area contributed by atoms with Crippen LogP contribution in [0.3, 0.4) is 0 Å². The molecule has 0 amide bonds. The monoisotopic (exact) mass is 322 g/mol. The van der Waals surface area contributed by atoms with Crippen molar-refractivity contribution >= 4 is 23.0 Å². The van der Waals surface area contributed by atoms with Crippen LogP contribution in [0.15, 0.2) is 24.3 Å². The summed E-state index contributed by atoms with van der Waals surface area (Å²) in [6.45, 7) is 11.6. The Morgan fingerprint density at radius 3 is 3.00 bits per heavy atom. The Labute approximate surface area is 139 Å². The summed E-state index contributed by atoms with van der Waals surface area (Å²) in [5.74, 6) is 0.728. The zero-order valence-corrected chi connectivity index (χ0v) is 14.6. The van der Waals surface area contributed by atoms with Crippen molar-refractivity contribution in [1.82, 2.24) is 5.32 Å². The van der Waals surface area contributed by atoms with E-state index < -0.39 is 0 Å². The van der Waals surface area contributed by atoms with Gasteiger partial charge in [0.25, 0.3) is 0 Å². The normalized spacial score (nSPS) is 21.6. The van der Waals surface area contributed by atoms with Gasteiger partial charge in [-0.3, -0.25) is 0 Å². The average molecular weight is 322 g/mol. The van der Waals surface area contributed by atoms with E-state index in [0.717, 1.165) is 37.8 Å². The van der Waals surface area contributed by atoms with Gasteiger partial charge in [-0.2, -0.15) is 0 Å². The first kappa shape index (κ1) is 17.2. The minimum absolute atomic E-state index is 0.236. The number of hydrogen-bond acceptors (Lipinski definition) is 2. The number of hydrogen-bond donors (Lipinski definition) is 3. The van der Waals surface area contributed by atoms with Crippen molar-refractivity contribution in [2.24, 2.45) is 5.92 Å². The molecule has 0 spiro atoms. The molecule has 1 heterocycles. The molecule has 1 unspecified atom stereocenters. The molecule has 122 valence electrons. The molecule has 2 rings (SSSR count). The average Bonchev–Trinajstić information content (AvgIpc) is 2.45. The molecule has 1 aromatic carbocycles. The summed E-state index contributed by atoms with van der Waals surface area (Å²) in [5.41, 5.74) is 2.24. The molecule has 2 atom stereocenters. The highest BCUT2D eigenvalue weighted by molar-refractivity contribution is 7.80. The number of aryl methyl sites for hydroxylation is 1. The predicted molar refractivity (Wildman–Crippen MR) is 95.5 cm³/mol. The van der Waals surface area contributed by atoms with E-state index in [4.69, 9.17) is 17.0 Å². The van der Waals surface area contributed by atoms with Crippen molar-refractivity contribution in [2.75, 3.05) is 38.1 Å². The maximum Gasteiger partial charge on any atom is 0.170 e. The van der Waals surface area contributed by atoms with Crippen LogP contribution in [0.25, 0.3) is 0 Å². The summed E-state index contributed by atoms with van der Waals surface area (Å²) in [6, 6.07) is 8.20. The first-order chi connectivity index (χ1) is 10.5. The highest BCUT2D eigenvalue weighted by Gasteiger charge is 2.24. The van der Waals surface area contributed by atoms with E-state index in [1.54, 1.807) is 4.90 Å². The van der Waals surface area contributed by atoms with Crippen molar-refractivity contribution in [1.29, 1.82) is 0 Å². The summed E-state index contributed by atoms with van der Waals surface area (Å²) in [7, 11) is 0. The number of anilines is 1. The lowest BCUT2D eigenvalue weighted by molar-refractivity contribution is -0.914. The van der Waals surface area contributed by atoms with E-state index in [0.29, 0.717) is 5.11 Å². The van der Waals surface area contributed by atoms with Crippen LogP contribution >= 0.6 is 12.2 Å². The Kier molecular flexibility index (Phi) is 6.61. The molecule has 0 saturated carbocycles. The Balaban J connectivity index is 1.73. The van der Waals surface area contributed by atoms with Gasteiger partial charge in [-0.1, -0.05) is 26.0 Å². The third kappa shape index (κ3) is 5.91. The molecule has 0 bridgehead atoms. The number of morpholine rings is 1. The molecule has 3 N–H and O–H groups in total. The van der Waals surface area contributed by atoms with Gasteiger partial charge >= 0.3 is 0 Å². The van der Waals surface area contributed by atoms with Crippen LogP contribution < -0.4 is 15.5 Å². The summed E-state index contributed by atoms with van der Waals surface area (Å²) < 4.78 is 5.84. The van der Waals surface area contributed by atoms with E-state index in [9.17, 15) is 0 Å². The van der Waals surface area contributed by atoms with E-state index >= 15 is 0 Å². The second-order valence-corrected chi connectivity index (χ2v) is 6.91. The lowest BCUT2D eigenvalue weighted by Crippen LogP contribution is -3.15. The Bertz CT molecular complexity index is 493. The van der Waals surface area contributed by atoms with Gasteiger partial charge in [0.05, 0.1) is 13.2 Å². The molecule has 4 nitrogen and oxygen atoms in total. The first-order valence-electron chi connectivity index (χ1n) is 8.09. The predicted octanol–water partition coefficient (Wildman–Crippen LogP) is 1.22. The molecule has 1 aliphatic rings. The minimum Gasteiger partial charge on any atom is -0.365 e. The van der Waals surface area contributed by atoms with Gasteiger partial charge in [0.2, 0.25) is 0 Å². The van der Waals surface area contributed by atoms with E-state index in [2.05, 4.69) is 43.5 Å². The van der Waals surface area contributed by atoms with Crippen molar-refractivity contribution in [2.45, 2.75) is 26.9 Å². The zero-order chi connectivity index (χ0) is 15.9. The maximum atomic E-state index is 5.84. The quantitative estimate of drug-likeness (QED) is 0.713. The van der Waals surface area contributed by atoms with Gasteiger partial charge in [-0.25, -0.2) is 0 Å². The second kappa shape index (κ2) is 8.46. The fraction of sp³-hybridized carbons (Fsp3) is 0.588. The third-order valence-electron chi connectivity index (χ3n) is 3.79. The number of thiocarbonyl (C=S) groups is 1. The Morgan fingerprint density at radius 1 is 1.45 bits per heavy atom. The molecule has 1 saturated heterocycles. The van der Waals surface area contributed by atoms with Crippen molar-refractivity contribution in [3.8, 4) is 0 Å². The smallest absolute Gasteiger partial charge is 0.170 e. The molecular weight excluding hydrogens is 294 g/mol. The largest absolute Gasteiger partial charge is 0.365 e. The van der Waals surface area contributed by atoms with E-state index in [1.807, 2.05) is 12.1 Å². The summed E-state index contributed by atoms with van der Waals surface area (Å²) in [4.78, 5) is 1.63. The molecule has 5 heteroatoms. The van der Waals surface area contributed by atoms with Gasteiger partial charge in [-0.15, -0.1) is 0 Å². The van der Waals surface area contributed by atoms with Gasteiger partial charge < -0.3 is 20.3 Å². The number of quaternary nitrogens is 1. The lowest BCUT2D eigenvalue weighted by atomic mass is 10.2. The Morgan fingerprint density at radius 2 is 2.27 bits per heavy atom. The SMILES string of the molecule is Cc1cccc(NC(=S)NC[C@@H]2C[NH+](CC(C)C)CCO2)c1. The van der Waals surface area contributed by atoms with Crippen LogP contribution in [0.1, 0.15) is 19.4 Å². The molecule has 1 aliphatic heterocycles. The number of nitrogens with one attached hydrogen (secondary N) is 3. The fourth-order valence-electron chi connectivity index (χ4n) is 2.85. The molecule has 1 aromatic rings. The van der Waals surface area contributed by atoms with Crippen LogP contribution in [0, 0.1) is 12.8 Å². The van der Waals surface area contributed by atoms with Crippen LogP contribution in [0.5, 0.6) is 0 Å². The summed E-state index contributed by atoms with van der Waals surface area (Å²) in [5, 5.41) is 7.16. The van der Waals surface area contributed by atoms with Crippen molar-refractivity contribution in [3.63, 3.8) is 0 Å². The zero-order valence-electron chi connectivity index (χ0n) is 13.8. The van der Waals surface area contributed by atoms with Crippen LogP contribution in [-0.2, 0) is 4.74 Å². The van der Waals surface area contributed by atoms with E-state index in [1.165, 1.54) is 12.1 Å². The minimum atomic E-state index is 0.236. The molecule has 22 heavy (non-hydrogen) atoms. The molecule has 1 fully saturated rings. The second-order valence-electron chi connectivity index (χ2n) is 6.50. The van der Waals surface area contributed by atoms with Crippen LogP contribution in [0.4, 0.5) is 5.69 Å². The lowest BCUT2D eigenvalue weighted by Gasteiger charge is -2.31. The molecule has 0 aromatic heterocycles. The van der Waals surface area contributed by atoms with Crippen LogP contribution in [0.2, 0.25) is 0 Å². The molecular formula is C17H28N3OS+. The van der Waals surface area contributed by atoms with Crippen molar-refractivity contribution < 1.29 is 9.64 Å². The first-order valence-corrected chi connectivity index (χ1v) is 8.50. The number of rotatable bonds is 5. The fourth-order valence-corrected chi connectivity index (χ4v) is 3.05. The maximum absolute atomic E-state index is 5.84. The molecule has 0 aliphatic carbocycles. The topological polar surface area (TPSA) is 37.7 Å². The third-order valence-corrected chi connectivity index (χ3v) is 4.04. The van der Waals surface area contributed by atoms with Crippen LogP contribution in [-0.4, -0.2) is 44.0 Å². The number of benzene rings is 1. The van der Waals surface area contributed by atoms with Crippen molar-refractivity contribution in [3.05, 3.63) is 29.8 Å². The standard InChI is InChI=1S/C17H27N3OS/c1-13(2)11-20-7-8-21-16(12-20)10-18-17(22)19-15-6-4-5-14(3)9-15/h4-6,9,13,16H,7-8,10-12H2,1-3H3,(H2,18,19,22)/p+1/t16-/m1/s1. The summed E-state index contributed by atoms with van der Waals surface area (Å²) >= 11 is 5.36. The highest BCUT2D eigenvalue weighted by Crippen LogP contribution is 2.09. The number of ether oxygens (including phenoxy) is 1. The van der Waals surface area contributed by atoms with Gasteiger partial charge in [0, 0.05) is 18.2 Å². The molecule has 0 radical (unpaired) electrons. The van der Waals surface area contributed by atoms with Gasteiger partial charge in [0.15, 0.2) is 5.11 Å². The van der Waals surface area contributed by atoms with Gasteiger partial charge in [0.1, 0.15) is 19.2 Å². The van der Waals surface area contributed by atoms with E-state index in [-0.39, 0.29) is 6.10 Å². The van der Waals surface area contributed by atoms with Gasteiger partial charge in [-0.05, 0) is 36.8 Å². The highest BCUT2D eigenvalue weighted by atomic mass is 32.1.